The minimum Gasteiger partial charge on any atom is -0.305 e. The Labute approximate surface area is 127 Å². The Balaban J connectivity index is 1.66. The molecule has 1 atom stereocenters. The normalized spacial score (nSPS) is 15.7. The molecule has 1 aromatic carbocycles. The summed E-state index contributed by atoms with van der Waals surface area (Å²) in [6.45, 7) is 6.17. The van der Waals surface area contributed by atoms with E-state index in [2.05, 4.69) is 48.5 Å². The Morgan fingerprint density at radius 3 is 2.81 bits per heavy atom. The molecule has 0 fully saturated rings. The van der Waals surface area contributed by atoms with Crippen LogP contribution in [0.3, 0.4) is 0 Å². The largest absolute Gasteiger partial charge is 0.305 e. The number of nitrogens with one attached hydrogen (secondary N) is 1. The summed E-state index contributed by atoms with van der Waals surface area (Å²) in [4.78, 5) is 0. The lowest BCUT2D eigenvalue weighted by molar-refractivity contribution is 0.530. The summed E-state index contributed by atoms with van der Waals surface area (Å²) >= 11 is 0. The van der Waals surface area contributed by atoms with Crippen molar-refractivity contribution in [3.8, 4) is 0 Å². The van der Waals surface area contributed by atoms with E-state index >= 15 is 0 Å². The van der Waals surface area contributed by atoms with Crippen LogP contribution in [0.25, 0.3) is 0 Å². The Hall–Kier alpha value is -1.61. The van der Waals surface area contributed by atoms with Gasteiger partial charge in [0.25, 0.3) is 0 Å². The van der Waals surface area contributed by atoms with Crippen LogP contribution in [0.2, 0.25) is 0 Å². The first kappa shape index (κ1) is 14.3. The highest BCUT2D eigenvalue weighted by atomic mass is 15.3. The maximum absolute atomic E-state index is 4.32. The first-order chi connectivity index (χ1) is 10.3. The van der Waals surface area contributed by atoms with Gasteiger partial charge in [-0.25, -0.2) is 0 Å². The minimum atomic E-state index is 0.373. The van der Waals surface area contributed by atoms with Crippen LogP contribution in [0.15, 0.2) is 30.5 Å². The zero-order chi connectivity index (χ0) is 14.7. The van der Waals surface area contributed by atoms with Crippen LogP contribution in [0.4, 0.5) is 0 Å². The van der Waals surface area contributed by atoms with Crippen LogP contribution in [0, 0.1) is 0 Å². The fourth-order valence-corrected chi connectivity index (χ4v) is 3.19. The molecule has 0 amide bonds. The van der Waals surface area contributed by atoms with Crippen LogP contribution >= 0.6 is 0 Å². The third kappa shape index (κ3) is 3.18. The van der Waals surface area contributed by atoms with E-state index in [0.717, 1.165) is 13.1 Å². The standard InChI is InChI=1S/C18H25N3/c1-3-21-18(10-11-20-21)13-19-14(2)16-9-8-15-6-4-5-7-17(15)12-16/h8-12,14,19H,3-7,13H2,1-2H3. The van der Waals surface area contributed by atoms with Crippen LogP contribution in [0.5, 0.6) is 0 Å². The van der Waals surface area contributed by atoms with Crippen molar-refractivity contribution in [3.63, 3.8) is 0 Å². The van der Waals surface area contributed by atoms with Gasteiger partial charge in [-0.3, -0.25) is 4.68 Å². The second kappa shape index (κ2) is 6.44. The summed E-state index contributed by atoms with van der Waals surface area (Å²) in [6.07, 6.45) is 7.07. The Kier molecular flexibility index (Phi) is 4.39. The first-order valence-electron chi connectivity index (χ1n) is 8.13. The zero-order valence-corrected chi connectivity index (χ0v) is 13.1. The van der Waals surface area contributed by atoms with Gasteiger partial charge >= 0.3 is 0 Å². The van der Waals surface area contributed by atoms with Gasteiger partial charge in [-0.05, 0) is 62.3 Å². The van der Waals surface area contributed by atoms with E-state index in [9.17, 15) is 0 Å². The molecule has 0 spiro atoms. The highest BCUT2D eigenvalue weighted by Crippen LogP contribution is 2.24. The van der Waals surface area contributed by atoms with Gasteiger partial charge in [-0.1, -0.05) is 18.2 Å². The lowest BCUT2D eigenvalue weighted by Gasteiger charge is -2.20. The van der Waals surface area contributed by atoms with E-state index in [0.29, 0.717) is 6.04 Å². The smallest absolute Gasteiger partial charge is 0.0522 e. The summed E-state index contributed by atoms with van der Waals surface area (Å²) < 4.78 is 2.05. The summed E-state index contributed by atoms with van der Waals surface area (Å²) in [5.74, 6) is 0. The molecule has 0 saturated carbocycles. The van der Waals surface area contributed by atoms with Crippen molar-refractivity contribution < 1.29 is 0 Å². The third-order valence-electron chi connectivity index (χ3n) is 4.57. The highest BCUT2D eigenvalue weighted by molar-refractivity contribution is 5.35. The molecule has 0 aliphatic heterocycles. The molecule has 112 valence electrons. The third-order valence-corrected chi connectivity index (χ3v) is 4.57. The Morgan fingerprint density at radius 2 is 2.00 bits per heavy atom. The monoisotopic (exact) mass is 283 g/mol. The molecular weight excluding hydrogens is 258 g/mol. The molecule has 3 heteroatoms. The molecule has 3 nitrogen and oxygen atoms in total. The van der Waals surface area contributed by atoms with Crippen LogP contribution in [-0.4, -0.2) is 9.78 Å². The number of hydrogen-bond donors (Lipinski definition) is 1. The van der Waals surface area contributed by atoms with Crippen molar-refractivity contribution >= 4 is 0 Å². The predicted molar refractivity (Wildman–Crippen MR) is 86.2 cm³/mol. The van der Waals surface area contributed by atoms with Crippen molar-refractivity contribution in [2.75, 3.05) is 0 Å². The Bertz CT molecular complexity index is 600. The van der Waals surface area contributed by atoms with Gasteiger partial charge in [0.15, 0.2) is 0 Å². The maximum atomic E-state index is 4.32. The average Bonchev–Trinajstić information content (AvgIpc) is 2.99. The predicted octanol–water partition coefficient (Wildman–Crippen LogP) is 3.63. The van der Waals surface area contributed by atoms with Crippen LogP contribution in [-0.2, 0) is 25.9 Å². The molecule has 1 aliphatic rings. The molecule has 1 aromatic heterocycles. The molecular formula is C18H25N3. The maximum Gasteiger partial charge on any atom is 0.0522 e. The summed E-state index contributed by atoms with van der Waals surface area (Å²) in [7, 11) is 0. The van der Waals surface area contributed by atoms with E-state index in [4.69, 9.17) is 0 Å². The van der Waals surface area contributed by atoms with Gasteiger partial charge < -0.3 is 5.32 Å². The van der Waals surface area contributed by atoms with Gasteiger partial charge in [-0.15, -0.1) is 0 Å². The molecule has 1 heterocycles. The topological polar surface area (TPSA) is 29.9 Å². The van der Waals surface area contributed by atoms with Crippen molar-refractivity contribution in [2.45, 2.75) is 58.7 Å². The molecule has 21 heavy (non-hydrogen) atoms. The van der Waals surface area contributed by atoms with Gasteiger partial charge in [-0.2, -0.15) is 5.10 Å². The van der Waals surface area contributed by atoms with Gasteiger partial charge in [0.1, 0.15) is 0 Å². The van der Waals surface area contributed by atoms with Crippen molar-refractivity contribution in [3.05, 3.63) is 52.8 Å². The molecule has 1 aliphatic carbocycles. The molecule has 0 radical (unpaired) electrons. The number of aryl methyl sites for hydroxylation is 3. The van der Waals surface area contributed by atoms with E-state index in [1.54, 1.807) is 11.1 Å². The highest BCUT2D eigenvalue weighted by Gasteiger charge is 2.12. The molecule has 0 saturated heterocycles. The van der Waals surface area contributed by atoms with Crippen LogP contribution in [0.1, 0.15) is 55.1 Å². The molecule has 1 N–H and O–H groups in total. The van der Waals surface area contributed by atoms with E-state index in [1.165, 1.54) is 36.9 Å². The number of rotatable bonds is 5. The van der Waals surface area contributed by atoms with Gasteiger partial charge in [0.05, 0.1) is 5.69 Å². The second-order valence-electron chi connectivity index (χ2n) is 5.98. The summed E-state index contributed by atoms with van der Waals surface area (Å²) in [5.41, 5.74) is 5.77. The van der Waals surface area contributed by atoms with Gasteiger partial charge in [0.2, 0.25) is 0 Å². The molecule has 1 unspecified atom stereocenters. The molecule has 3 rings (SSSR count). The summed E-state index contributed by atoms with van der Waals surface area (Å²) in [5, 5.41) is 7.94. The average molecular weight is 283 g/mol. The second-order valence-corrected chi connectivity index (χ2v) is 5.98. The number of aromatic nitrogens is 2. The van der Waals surface area contributed by atoms with Gasteiger partial charge in [0, 0.05) is 25.3 Å². The van der Waals surface area contributed by atoms with Crippen molar-refractivity contribution in [1.82, 2.24) is 15.1 Å². The zero-order valence-electron chi connectivity index (χ0n) is 13.1. The van der Waals surface area contributed by atoms with E-state index in [-0.39, 0.29) is 0 Å². The van der Waals surface area contributed by atoms with E-state index < -0.39 is 0 Å². The fourth-order valence-electron chi connectivity index (χ4n) is 3.19. The van der Waals surface area contributed by atoms with Crippen molar-refractivity contribution in [2.24, 2.45) is 0 Å². The number of nitrogens with zero attached hydrogens (tertiary/aromatic N) is 2. The fraction of sp³-hybridized carbons (Fsp3) is 0.500. The lowest BCUT2D eigenvalue weighted by Crippen LogP contribution is -2.20. The number of fused-ring (bicyclic) bond motifs is 1. The number of benzene rings is 1. The SMILES string of the molecule is CCn1nccc1CNC(C)c1ccc2c(c1)CCCC2. The Morgan fingerprint density at radius 1 is 1.19 bits per heavy atom. The van der Waals surface area contributed by atoms with E-state index in [1.807, 2.05) is 10.9 Å². The van der Waals surface area contributed by atoms with Crippen molar-refractivity contribution in [1.29, 1.82) is 0 Å². The lowest BCUT2D eigenvalue weighted by atomic mass is 9.89. The molecule has 2 aromatic rings. The first-order valence-corrected chi connectivity index (χ1v) is 8.13. The van der Waals surface area contributed by atoms with Crippen LogP contribution < -0.4 is 5.32 Å². The summed E-state index contributed by atoms with van der Waals surface area (Å²) in [6, 6.07) is 9.49. The number of hydrogen-bond acceptors (Lipinski definition) is 2. The quantitative estimate of drug-likeness (QED) is 0.908. The minimum absolute atomic E-state index is 0.373. The molecule has 0 bridgehead atoms.